The van der Waals surface area contributed by atoms with Crippen molar-refractivity contribution in [2.24, 2.45) is 5.92 Å². The average molecular weight is 390 g/mol. The monoisotopic (exact) mass is 389 g/mol. The first kappa shape index (κ1) is 20.2. The number of nitrogens with zero attached hydrogens (tertiary/aromatic N) is 1. The summed E-state index contributed by atoms with van der Waals surface area (Å²) in [5, 5.41) is 13.2. The molecule has 3 rings (SSSR count). The van der Waals surface area contributed by atoms with Crippen LogP contribution in [0.25, 0.3) is 0 Å². The first-order chi connectivity index (χ1) is 12.9. The summed E-state index contributed by atoms with van der Waals surface area (Å²) in [7, 11) is 3.47. The van der Waals surface area contributed by atoms with Crippen molar-refractivity contribution in [2.45, 2.75) is 49.5 Å². The Morgan fingerprint density at radius 1 is 1.37 bits per heavy atom. The van der Waals surface area contributed by atoms with Gasteiger partial charge < -0.3 is 14.7 Å². The molecule has 0 radical (unpaired) electrons. The van der Waals surface area contributed by atoms with Crippen LogP contribution in [0, 0.1) is 17.2 Å². The van der Waals surface area contributed by atoms with E-state index in [-0.39, 0.29) is 17.9 Å². The van der Waals surface area contributed by atoms with Gasteiger partial charge in [0.05, 0.1) is 0 Å². The summed E-state index contributed by atoms with van der Waals surface area (Å²) in [6, 6.07) is 8.63. The van der Waals surface area contributed by atoms with Gasteiger partial charge in [0, 0.05) is 31.5 Å². The smallest absolute Gasteiger partial charge is 0.248 e. The first-order valence-electron chi connectivity index (χ1n) is 9.62. The molecule has 3 unspecified atom stereocenters. The van der Waals surface area contributed by atoms with Crippen molar-refractivity contribution >= 4 is 17.5 Å². The quantitative estimate of drug-likeness (QED) is 0.622. The zero-order valence-electron chi connectivity index (χ0n) is 16.1. The molecule has 4 nitrogen and oxygen atoms in total. The molecule has 1 aromatic rings. The van der Waals surface area contributed by atoms with Crippen LogP contribution in [0.1, 0.15) is 43.2 Å². The molecule has 0 saturated heterocycles. The van der Waals surface area contributed by atoms with Crippen LogP contribution in [0.5, 0.6) is 0 Å². The first-order valence-corrected chi connectivity index (χ1v) is 9.99. The Morgan fingerprint density at radius 2 is 2.15 bits per heavy atom. The van der Waals surface area contributed by atoms with Crippen molar-refractivity contribution in [1.82, 2.24) is 4.90 Å². The lowest BCUT2D eigenvalue weighted by atomic mass is 9.53. The summed E-state index contributed by atoms with van der Waals surface area (Å²) < 4.78 is 5.72. The Bertz CT molecular complexity index is 753. The molecule has 1 N–H and O–H groups in total. The van der Waals surface area contributed by atoms with Crippen molar-refractivity contribution in [3.05, 3.63) is 35.4 Å². The maximum atomic E-state index is 11.8. The number of carbonyl (C=O) groups excluding carboxylic acids is 1. The lowest BCUT2D eigenvalue weighted by Gasteiger charge is -2.52. The molecule has 1 aromatic carbocycles. The minimum Gasteiger partial charge on any atom is -0.378 e. The average Bonchev–Trinajstić information content (AvgIpc) is 2.65. The predicted molar refractivity (Wildman–Crippen MR) is 106 cm³/mol. The number of amides is 1. The summed E-state index contributed by atoms with van der Waals surface area (Å²) >= 11 is 5.60. The van der Waals surface area contributed by atoms with Gasteiger partial charge in [-0.3, -0.25) is 4.79 Å². The molecule has 2 aliphatic rings. The van der Waals surface area contributed by atoms with E-state index in [2.05, 4.69) is 35.6 Å². The van der Waals surface area contributed by atoms with Gasteiger partial charge in [0.15, 0.2) is 0 Å². The van der Waals surface area contributed by atoms with Crippen LogP contribution in [0.15, 0.2) is 24.3 Å². The fraction of sp³-hybridized carbons (Fsp3) is 0.591. The fourth-order valence-corrected chi connectivity index (χ4v) is 5.01. The van der Waals surface area contributed by atoms with E-state index in [1.165, 1.54) is 11.1 Å². The van der Waals surface area contributed by atoms with E-state index in [1.54, 1.807) is 19.0 Å². The number of benzene rings is 1. The van der Waals surface area contributed by atoms with E-state index in [9.17, 15) is 9.90 Å². The summed E-state index contributed by atoms with van der Waals surface area (Å²) in [6.07, 6.45) is 4.99. The third-order valence-electron chi connectivity index (χ3n) is 6.36. The lowest BCUT2D eigenvalue weighted by molar-refractivity contribution is -0.133. The van der Waals surface area contributed by atoms with Crippen LogP contribution in [-0.4, -0.2) is 48.8 Å². The number of halogens is 1. The minimum atomic E-state index is -0.996. The molecule has 1 fully saturated rings. The molecule has 3 atom stereocenters. The van der Waals surface area contributed by atoms with Crippen LogP contribution in [0.3, 0.4) is 0 Å². The van der Waals surface area contributed by atoms with Gasteiger partial charge in [0.25, 0.3) is 0 Å². The van der Waals surface area contributed by atoms with E-state index in [0.29, 0.717) is 25.4 Å². The molecule has 0 bridgehead atoms. The summed E-state index contributed by atoms with van der Waals surface area (Å²) in [4.78, 5) is 13.3. The van der Waals surface area contributed by atoms with E-state index >= 15 is 0 Å². The number of aryl methyl sites for hydroxylation is 1. The molecular weight excluding hydrogens is 362 g/mol. The standard InChI is InChI=1S/C22H28ClNO3/c1-24(2)20(25)16-27-14-12-22-10-9-21(26,11-13-23)15-18(22)8-7-17-5-3-4-6-19(17)22/h3-6,18,26H,7-10,12,14-16H2,1-2H3. The zero-order valence-corrected chi connectivity index (χ0v) is 16.9. The Kier molecular flexibility index (Phi) is 6.15. The van der Waals surface area contributed by atoms with E-state index in [1.807, 2.05) is 0 Å². The number of fused-ring (bicyclic) bond motifs is 3. The number of carbonyl (C=O) groups is 1. The fourth-order valence-electron chi connectivity index (χ4n) is 4.83. The molecular formula is C22H28ClNO3. The van der Waals surface area contributed by atoms with Crippen LogP contribution >= 0.6 is 11.6 Å². The van der Waals surface area contributed by atoms with Crippen molar-refractivity contribution in [1.29, 1.82) is 0 Å². The minimum absolute atomic E-state index is 0.0245. The maximum absolute atomic E-state index is 11.8. The number of likely N-dealkylation sites (N-methyl/N-ethyl adjacent to an activating group) is 1. The van der Waals surface area contributed by atoms with Crippen molar-refractivity contribution in [3.63, 3.8) is 0 Å². The second kappa shape index (κ2) is 8.22. The second-order valence-electron chi connectivity index (χ2n) is 8.09. The van der Waals surface area contributed by atoms with Gasteiger partial charge >= 0.3 is 0 Å². The molecule has 5 heteroatoms. The van der Waals surface area contributed by atoms with Gasteiger partial charge in [-0.25, -0.2) is 0 Å². The SMILES string of the molecule is CN(C)C(=O)COCCC12CCC(O)(C#CCl)CC1CCc1ccccc12. The Morgan fingerprint density at radius 3 is 2.89 bits per heavy atom. The van der Waals surface area contributed by atoms with Gasteiger partial charge in [-0.1, -0.05) is 30.2 Å². The summed E-state index contributed by atoms with van der Waals surface area (Å²) in [6.45, 7) is 0.640. The van der Waals surface area contributed by atoms with Gasteiger partial charge in [-0.15, -0.1) is 0 Å². The largest absolute Gasteiger partial charge is 0.378 e. The highest BCUT2D eigenvalue weighted by Gasteiger charge is 2.50. The van der Waals surface area contributed by atoms with Gasteiger partial charge in [0.1, 0.15) is 12.2 Å². The van der Waals surface area contributed by atoms with E-state index < -0.39 is 5.60 Å². The number of rotatable bonds is 5. The van der Waals surface area contributed by atoms with Gasteiger partial charge in [-0.05, 0) is 67.2 Å². The van der Waals surface area contributed by atoms with Gasteiger partial charge in [0.2, 0.25) is 5.91 Å². The molecule has 1 saturated carbocycles. The highest BCUT2D eigenvalue weighted by Crippen LogP contribution is 2.54. The molecule has 27 heavy (non-hydrogen) atoms. The lowest BCUT2D eigenvalue weighted by Crippen LogP contribution is -2.50. The van der Waals surface area contributed by atoms with E-state index in [4.69, 9.17) is 16.3 Å². The molecule has 1 amide bonds. The van der Waals surface area contributed by atoms with Crippen LogP contribution in [-0.2, 0) is 21.4 Å². The number of hydrogen-bond acceptors (Lipinski definition) is 3. The molecule has 0 heterocycles. The third-order valence-corrected chi connectivity index (χ3v) is 6.46. The molecule has 2 aliphatic carbocycles. The van der Waals surface area contributed by atoms with Crippen LogP contribution < -0.4 is 0 Å². The molecule has 0 aliphatic heterocycles. The second-order valence-corrected chi connectivity index (χ2v) is 8.28. The Labute approximate surface area is 166 Å². The van der Waals surface area contributed by atoms with Crippen LogP contribution in [0.4, 0.5) is 0 Å². The van der Waals surface area contributed by atoms with Crippen LogP contribution in [0.2, 0.25) is 0 Å². The molecule has 0 aromatic heterocycles. The predicted octanol–water partition coefficient (Wildman–Crippen LogP) is 3.10. The van der Waals surface area contributed by atoms with Crippen molar-refractivity contribution in [3.8, 4) is 11.3 Å². The molecule has 0 spiro atoms. The van der Waals surface area contributed by atoms with E-state index in [0.717, 1.165) is 25.7 Å². The zero-order chi connectivity index (χ0) is 19.5. The maximum Gasteiger partial charge on any atom is 0.248 e. The highest BCUT2D eigenvalue weighted by atomic mass is 35.5. The Balaban J connectivity index is 1.80. The number of hydrogen-bond donors (Lipinski definition) is 1. The van der Waals surface area contributed by atoms with Gasteiger partial charge in [-0.2, -0.15) is 0 Å². The number of aliphatic hydroxyl groups is 1. The normalized spacial score (nSPS) is 29.1. The summed E-state index contributed by atoms with van der Waals surface area (Å²) in [5.41, 5.74) is 1.75. The van der Waals surface area contributed by atoms with Crippen molar-refractivity contribution < 1.29 is 14.6 Å². The summed E-state index contributed by atoms with van der Waals surface area (Å²) in [5.74, 6) is 3.13. The van der Waals surface area contributed by atoms with Crippen molar-refractivity contribution in [2.75, 3.05) is 27.3 Å². The highest BCUT2D eigenvalue weighted by molar-refractivity contribution is 6.30. The topological polar surface area (TPSA) is 49.8 Å². The number of ether oxygens (including phenoxy) is 1. The Hall–Kier alpha value is -1.54. The molecule has 146 valence electrons. The third kappa shape index (κ3) is 4.16.